The highest BCUT2D eigenvalue weighted by atomic mass is 35.5. The van der Waals surface area contributed by atoms with Gasteiger partial charge in [-0.2, -0.15) is 0 Å². The van der Waals surface area contributed by atoms with E-state index in [1.807, 2.05) is 0 Å². The van der Waals surface area contributed by atoms with Crippen molar-refractivity contribution >= 4 is 11.6 Å². The molecule has 5 heteroatoms. The van der Waals surface area contributed by atoms with Crippen LogP contribution in [-0.4, -0.2) is 87.7 Å². The molecule has 0 N–H and O–H groups in total. The third kappa shape index (κ3) is 4.67. The molecular formula is C13H27ClN2O2+2. The van der Waals surface area contributed by atoms with E-state index >= 15 is 0 Å². The molecule has 0 spiro atoms. The molecule has 2 saturated heterocycles. The van der Waals surface area contributed by atoms with Crippen LogP contribution < -0.4 is 0 Å². The van der Waals surface area contributed by atoms with Gasteiger partial charge in [0.05, 0.1) is 54.4 Å². The minimum atomic E-state index is 0.159. The second-order valence-electron chi connectivity index (χ2n) is 6.94. The van der Waals surface area contributed by atoms with Crippen molar-refractivity contribution in [2.75, 3.05) is 61.0 Å². The molecule has 0 aromatic heterocycles. The highest BCUT2D eigenvalue weighted by Crippen LogP contribution is 2.22. The van der Waals surface area contributed by atoms with Crippen molar-refractivity contribution in [3.8, 4) is 0 Å². The first-order valence-electron chi connectivity index (χ1n) is 6.80. The number of halogens is 1. The summed E-state index contributed by atoms with van der Waals surface area (Å²) in [5.41, 5.74) is 0.159. The Hall–Kier alpha value is 0.130. The summed E-state index contributed by atoms with van der Waals surface area (Å²) in [5.74, 6) is 0. The van der Waals surface area contributed by atoms with Crippen molar-refractivity contribution in [1.29, 1.82) is 0 Å². The minimum Gasteiger partial charge on any atom is -0.367 e. The van der Waals surface area contributed by atoms with Gasteiger partial charge in [0.15, 0.2) is 5.50 Å². The second-order valence-corrected chi connectivity index (χ2v) is 7.44. The lowest BCUT2D eigenvalue weighted by atomic mass is 10.2. The molecule has 0 aromatic rings. The van der Waals surface area contributed by atoms with Gasteiger partial charge < -0.3 is 18.4 Å². The van der Waals surface area contributed by atoms with Gasteiger partial charge in [0, 0.05) is 0 Å². The maximum atomic E-state index is 6.58. The quantitative estimate of drug-likeness (QED) is 0.285. The zero-order valence-corrected chi connectivity index (χ0v) is 12.8. The fourth-order valence-electron chi connectivity index (χ4n) is 2.43. The molecule has 3 atom stereocenters. The van der Waals surface area contributed by atoms with Gasteiger partial charge >= 0.3 is 0 Å². The molecule has 0 radical (unpaired) electrons. The highest BCUT2D eigenvalue weighted by Gasteiger charge is 2.37. The van der Waals surface area contributed by atoms with E-state index in [2.05, 4.69) is 28.2 Å². The number of epoxide rings is 2. The molecule has 2 heterocycles. The summed E-state index contributed by atoms with van der Waals surface area (Å²) in [7, 11) is 8.91. The zero-order valence-electron chi connectivity index (χ0n) is 12.1. The summed E-state index contributed by atoms with van der Waals surface area (Å²) in [5, 5.41) is 0. The van der Waals surface area contributed by atoms with Crippen LogP contribution >= 0.6 is 11.6 Å². The van der Waals surface area contributed by atoms with E-state index in [9.17, 15) is 0 Å². The molecule has 0 aromatic carbocycles. The number of hydrogen-bond donors (Lipinski definition) is 0. The average Bonchev–Trinajstić information content (AvgIpc) is 3.10. The first-order valence-corrected chi connectivity index (χ1v) is 7.24. The maximum absolute atomic E-state index is 6.58. The number of nitrogens with zero attached hydrogens (tertiary/aromatic N) is 2. The van der Waals surface area contributed by atoms with Gasteiger partial charge in [0.1, 0.15) is 25.3 Å². The fourth-order valence-corrected chi connectivity index (χ4v) is 2.61. The van der Waals surface area contributed by atoms with Gasteiger partial charge in [-0.05, 0) is 0 Å². The molecule has 18 heavy (non-hydrogen) atoms. The first kappa shape index (κ1) is 14.5. The Kier molecular flexibility index (Phi) is 4.24. The van der Waals surface area contributed by atoms with Crippen molar-refractivity contribution in [2.45, 2.75) is 24.1 Å². The van der Waals surface area contributed by atoms with Gasteiger partial charge in [-0.25, -0.2) is 0 Å². The molecule has 2 aliphatic heterocycles. The lowest BCUT2D eigenvalue weighted by molar-refractivity contribution is -0.917. The number of alkyl halides is 1. The number of rotatable bonds is 8. The highest BCUT2D eigenvalue weighted by molar-refractivity contribution is 6.19. The normalized spacial score (nSPS) is 29.2. The Morgan fingerprint density at radius 2 is 1.56 bits per heavy atom. The van der Waals surface area contributed by atoms with Crippen LogP contribution in [0.15, 0.2) is 0 Å². The van der Waals surface area contributed by atoms with Crippen LogP contribution in [0.1, 0.15) is 6.42 Å². The first-order chi connectivity index (χ1) is 8.28. The van der Waals surface area contributed by atoms with Gasteiger partial charge in [-0.15, -0.1) is 0 Å². The van der Waals surface area contributed by atoms with Gasteiger partial charge in [0.25, 0.3) is 0 Å². The number of likely N-dealkylation sites (N-methyl/N-ethyl adjacent to an activating group) is 2. The van der Waals surface area contributed by atoms with Crippen molar-refractivity contribution in [3.63, 3.8) is 0 Å². The van der Waals surface area contributed by atoms with E-state index in [4.69, 9.17) is 21.1 Å². The second kappa shape index (κ2) is 5.25. The lowest BCUT2D eigenvalue weighted by Gasteiger charge is -2.36. The SMILES string of the molecule is C[N+](C)(CCC(Cl)[N+](C)(C)CC1CO1)CC1CO1. The molecule has 0 aliphatic carbocycles. The van der Waals surface area contributed by atoms with E-state index in [0.29, 0.717) is 12.2 Å². The van der Waals surface area contributed by atoms with Crippen LogP contribution in [0.4, 0.5) is 0 Å². The van der Waals surface area contributed by atoms with E-state index in [-0.39, 0.29) is 5.50 Å². The molecule has 2 rings (SSSR count). The van der Waals surface area contributed by atoms with E-state index < -0.39 is 0 Å². The Morgan fingerprint density at radius 1 is 1.06 bits per heavy atom. The van der Waals surface area contributed by atoms with Crippen LogP contribution in [0.3, 0.4) is 0 Å². The van der Waals surface area contributed by atoms with Gasteiger partial charge in [0.2, 0.25) is 0 Å². The standard InChI is InChI=1S/C13H27ClN2O2/c1-15(2,7-11-9-17-11)6-5-13(14)16(3,4)8-12-10-18-12/h11-13H,5-10H2,1-4H3/q+2. The molecule has 106 valence electrons. The van der Waals surface area contributed by atoms with E-state index in [1.165, 1.54) is 0 Å². The van der Waals surface area contributed by atoms with Crippen molar-refractivity contribution < 1.29 is 18.4 Å². The summed E-state index contributed by atoms with van der Waals surface area (Å²) < 4.78 is 12.4. The summed E-state index contributed by atoms with van der Waals surface area (Å²) >= 11 is 6.58. The van der Waals surface area contributed by atoms with Crippen LogP contribution in [0.2, 0.25) is 0 Å². The molecule has 0 amide bonds. The van der Waals surface area contributed by atoms with Crippen molar-refractivity contribution in [2.24, 2.45) is 0 Å². The summed E-state index contributed by atoms with van der Waals surface area (Å²) in [6, 6.07) is 0. The summed E-state index contributed by atoms with van der Waals surface area (Å²) in [6.07, 6.45) is 1.95. The lowest BCUT2D eigenvalue weighted by Crippen LogP contribution is -2.51. The van der Waals surface area contributed by atoms with Crippen LogP contribution in [0, 0.1) is 0 Å². The Bertz CT molecular complexity index is 289. The molecule has 0 saturated carbocycles. The minimum absolute atomic E-state index is 0.159. The van der Waals surface area contributed by atoms with E-state index in [0.717, 1.165) is 48.2 Å². The molecule has 2 aliphatic rings. The van der Waals surface area contributed by atoms with Crippen LogP contribution in [0.5, 0.6) is 0 Å². The Labute approximate surface area is 116 Å². The Morgan fingerprint density at radius 3 is 2.06 bits per heavy atom. The number of quaternary nitrogens is 2. The van der Waals surface area contributed by atoms with Crippen LogP contribution in [0.25, 0.3) is 0 Å². The topological polar surface area (TPSA) is 25.1 Å². The molecule has 2 fully saturated rings. The third-order valence-corrected chi connectivity index (χ3v) is 4.65. The van der Waals surface area contributed by atoms with Crippen molar-refractivity contribution in [1.82, 2.24) is 0 Å². The van der Waals surface area contributed by atoms with E-state index in [1.54, 1.807) is 0 Å². The average molecular weight is 279 g/mol. The van der Waals surface area contributed by atoms with Crippen molar-refractivity contribution in [3.05, 3.63) is 0 Å². The largest absolute Gasteiger partial charge is 0.367 e. The number of hydrogen-bond acceptors (Lipinski definition) is 2. The monoisotopic (exact) mass is 278 g/mol. The molecule has 4 nitrogen and oxygen atoms in total. The molecule has 3 unspecified atom stereocenters. The van der Waals surface area contributed by atoms with Gasteiger partial charge in [-0.3, -0.25) is 0 Å². The molecule has 0 bridgehead atoms. The smallest absolute Gasteiger partial charge is 0.170 e. The summed E-state index contributed by atoms with van der Waals surface area (Å²) in [4.78, 5) is 0. The summed E-state index contributed by atoms with van der Waals surface area (Å²) in [6.45, 7) is 5.07. The number of ether oxygens (including phenoxy) is 2. The molecular weight excluding hydrogens is 252 g/mol. The predicted octanol–water partition coefficient (Wildman–Crippen LogP) is 0.892. The van der Waals surface area contributed by atoms with Crippen LogP contribution in [-0.2, 0) is 9.47 Å². The maximum Gasteiger partial charge on any atom is 0.170 e. The zero-order chi connectivity index (χ0) is 13.4. The predicted molar refractivity (Wildman–Crippen MR) is 72.6 cm³/mol. The third-order valence-electron chi connectivity index (χ3n) is 3.91. The van der Waals surface area contributed by atoms with Gasteiger partial charge in [-0.1, -0.05) is 11.6 Å². The fraction of sp³-hybridized carbons (Fsp3) is 1.00. The Balaban J connectivity index is 1.73.